The predicted molar refractivity (Wildman–Crippen MR) is 188 cm³/mol. The van der Waals surface area contributed by atoms with Crippen LogP contribution in [-0.2, 0) is 30.0 Å². The fourth-order valence-electron chi connectivity index (χ4n) is 7.45. The van der Waals surface area contributed by atoms with E-state index in [4.69, 9.17) is 9.16 Å². The summed E-state index contributed by atoms with van der Waals surface area (Å²) in [5.74, 6) is -1.34. The van der Waals surface area contributed by atoms with Crippen LogP contribution < -0.4 is 5.32 Å². The standard InChI is InChI=1S/C37H62N2O6Si/c1-24(2)46(25(3)4,26(5)6)45-34(28(8)22-27(7)19-20-29(9)40)30(10)35(41)38-32(23-31-16-13-12-14-17-31)36(42)39-21-15-18-33(39)37(43)44-11/h12-14,16-17,22,24-27,29-30,32-34,40H,15,18-21,23H2,1-11H3,(H,38,41)/b28-22+/t27-,29-,30+,32+,33+,34+/m1/s1. The zero-order valence-corrected chi connectivity index (χ0v) is 31.3. The Morgan fingerprint density at radius 2 is 1.57 bits per heavy atom. The largest absolute Gasteiger partial charge is 0.467 e. The number of ether oxygens (including phenoxy) is 1. The van der Waals surface area contributed by atoms with Crippen molar-refractivity contribution in [2.45, 2.75) is 142 Å². The Morgan fingerprint density at radius 1 is 0.978 bits per heavy atom. The molecule has 1 heterocycles. The van der Waals surface area contributed by atoms with E-state index in [1.807, 2.05) is 44.2 Å². The molecule has 1 aliphatic heterocycles. The van der Waals surface area contributed by atoms with E-state index in [-0.39, 0.29) is 23.8 Å². The average molecular weight is 659 g/mol. The zero-order valence-electron chi connectivity index (χ0n) is 30.3. The Balaban J connectivity index is 2.51. The molecule has 46 heavy (non-hydrogen) atoms. The van der Waals surface area contributed by atoms with Crippen molar-refractivity contribution in [2.75, 3.05) is 13.7 Å². The second-order valence-electron chi connectivity index (χ2n) is 14.4. The van der Waals surface area contributed by atoms with Crippen LogP contribution in [0.2, 0.25) is 16.6 Å². The van der Waals surface area contributed by atoms with Gasteiger partial charge < -0.3 is 24.5 Å². The van der Waals surface area contributed by atoms with Crippen LogP contribution in [0, 0.1) is 11.8 Å². The van der Waals surface area contributed by atoms with Gasteiger partial charge in [0.1, 0.15) is 12.1 Å². The first-order chi connectivity index (χ1) is 21.6. The summed E-state index contributed by atoms with van der Waals surface area (Å²) in [6.07, 6.45) is 4.42. The van der Waals surface area contributed by atoms with Gasteiger partial charge in [-0.2, -0.15) is 0 Å². The second kappa shape index (κ2) is 18.2. The smallest absolute Gasteiger partial charge is 0.328 e. The number of hydrogen-bond acceptors (Lipinski definition) is 6. The van der Waals surface area contributed by atoms with Crippen molar-refractivity contribution < 1.29 is 28.7 Å². The Morgan fingerprint density at radius 3 is 2.09 bits per heavy atom. The highest BCUT2D eigenvalue weighted by Crippen LogP contribution is 2.44. The molecule has 0 bridgehead atoms. The van der Waals surface area contributed by atoms with Gasteiger partial charge in [-0.05, 0) is 73.2 Å². The van der Waals surface area contributed by atoms with Crippen LogP contribution in [0.3, 0.4) is 0 Å². The summed E-state index contributed by atoms with van der Waals surface area (Å²) in [6, 6.07) is 8.14. The van der Waals surface area contributed by atoms with Crippen molar-refractivity contribution >= 4 is 26.1 Å². The van der Waals surface area contributed by atoms with Gasteiger partial charge >= 0.3 is 5.97 Å². The SMILES string of the molecule is COC(=O)[C@@H]1CCCN1C(=O)[C@H](Cc1ccccc1)NC(=O)[C@@H](C)[C@@H](O[Si](C(C)C)(C(C)C)C(C)C)/C(C)=C/[C@H](C)CC[C@@H](C)O. The first-order valence-corrected chi connectivity index (χ1v) is 19.5. The van der Waals surface area contributed by atoms with Gasteiger partial charge in [0.15, 0.2) is 0 Å². The molecule has 0 radical (unpaired) electrons. The Hall–Kier alpha value is -2.49. The fourth-order valence-corrected chi connectivity index (χ4v) is 13.1. The minimum absolute atomic E-state index is 0.196. The van der Waals surface area contributed by atoms with Gasteiger partial charge in [-0.15, -0.1) is 0 Å². The van der Waals surface area contributed by atoms with Gasteiger partial charge in [-0.25, -0.2) is 4.79 Å². The van der Waals surface area contributed by atoms with Crippen molar-refractivity contribution in [1.29, 1.82) is 0 Å². The molecular weight excluding hydrogens is 597 g/mol. The maximum Gasteiger partial charge on any atom is 0.328 e. The van der Waals surface area contributed by atoms with E-state index in [2.05, 4.69) is 59.9 Å². The van der Waals surface area contributed by atoms with Gasteiger partial charge in [0.05, 0.1) is 25.2 Å². The molecule has 1 aromatic rings. The lowest BCUT2D eigenvalue weighted by molar-refractivity contribution is -0.152. The summed E-state index contributed by atoms with van der Waals surface area (Å²) >= 11 is 0. The maximum absolute atomic E-state index is 14.3. The normalized spacial score (nSPS) is 19.2. The van der Waals surface area contributed by atoms with Crippen LogP contribution >= 0.6 is 0 Å². The van der Waals surface area contributed by atoms with Crippen LogP contribution in [0.5, 0.6) is 0 Å². The number of nitrogens with zero attached hydrogens (tertiary/aromatic N) is 1. The highest BCUT2D eigenvalue weighted by atomic mass is 28.4. The lowest BCUT2D eigenvalue weighted by Gasteiger charge is -2.46. The third-order valence-electron chi connectivity index (χ3n) is 9.85. The van der Waals surface area contributed by atoms with E-state index in [0.717, 1.165) is 17.6 Å². The summed E-state index contributed by atoms with van der Waals surface area (Å²) in [7, 11) is -1.07. The number of amides is 2. The van der Waals surface area contributed by atoms with Crippen molar-refractivity contribution in [3.05, 3.63) is 47.5 Å². The van der Waals surface area contributed by atoms with E-state index in [9.17, 15) is 19.5 Å². The van der Waals surface area contributed by atoms with Crippen LogP contribution in [-0.4, -0.2) is 74.1 Å². The van der Waals surface area contributed by atoms with Gasteiger partial charge in [0.2, 0.25) is 20.1 Å². The molecule has 0 aliphatic carbocycles. The molecule has 0 spiro atoms. The van der Waals surface area contributed by atoms with Gasteiger partial charge in [-0.1, -0.05) is 91.8 Å². The minimum Gasteiger partial charge on any atom is -0.467 e. The Bertz CT molecular complexity index is 1130. The highest BCUT2D eigenvalue weighted by Gasteiger charge is 2.48. The number of esters is 1. The summed E-state index contributed by atoms with van der Waals surface area (Å²) < 4.78 is 12.3. The van der Waals surface area contributed by atoms with Gasteiger partial charge in [-0.3, -0.25) is 9.59 Å². The van der Waals surface area contributed by atoms with Crippen LogP contribution in [0.25, 0.3) is 0 Å². The monoisotopic (exact) mass is 658 g/mol. The molecule has 6 atom stereocenters. The van der Waals surface area contributed by atoms with E-state index >= 15 is 0 Å². The van der Waals surface area contributed by atoms with E-state index in [1.165, 1.54) is 7.11 Å². The summed E-state index contributed by atoms with van der Waals surface area (Å²) in [6.45, 7) is 21.7. The quantitative estimate of drug-likeness (QED) is 0.108. The lowest BCUT2D eigenvalue weighted by Crippen LogP contribution is -2.56. The Labute approximate surface area is 279 Å². The molecule has 8 nitrogen and oxygen atoms in total. The number of benzene rings is 1. The number of likely N-dealkylation sites (tertiary alicyclic amines) is 1. The number of allylic oxidation sites excluding steroid dienone is 1. The number of carbonyl (C=O) groups is 3. The maximum atomic E-state index is 14.3. The number of aliphatic hydroxyl groups is 1. The number of carbonyl (C=O) groups excluding carboxylic acids is 3. The third-order valence-corrected chi connectivity index (χ3v) is 15.9. The lowest BCUT2D eigenvalue weighted by atomic mass is 9.92. The third kappa shape index (κ3) is 10.3. The number of aliphatic hydroxyl groups excluding tert-OH is 1. The summed E-state index contributed by atoms with van der Waals surface area (Å²) in [5.41, 5.74) is 2.88. The van der Waals surface area contributed by atoms with Crippen molar-refractivity contribution in [3.8, 4) is 0 Å². The molecule has 260 valence electrons. The molecule has 0 unspecified atom stereocenters. The molecule has 0 aromatic heterocycles. The fraction of sp³-hybridized carbons (Fsp3) is 0.703. The van der Waals surface area contributed by atoms with Gasteiger partial charge in [0, 0.05) is 13.0 Å². The van der Waals surface area contributed by atoms with Crippen molar-refractivity contribution in [1.82, 2.24) is 10.2 Å². The molecule has 1 aromatic carbocycles. The number of rotatable bonds is 17. The average Bonchev–Trinajstić information content (AvgIpc) is 3.49. The van der Waals surface area contributed by atoms with Crippen LogP contribution in [0.1, 0.15) is 100 Å². The molecular formula is C37H62N2O6Si. The van der Waals surface area contributed by atoms with E-state index in [1.54, 1.807) is 11.8 Å². The molecule has 1 saturated heterocycles. The van der Waals surface area contributed by atoms with E-state index in [0.29, 0.717) is 48.9 Å². The molecule has 9 heteroatoms. The topological polar surface area (TPSA) is 105 Å². The molecule has 2 amide bonds. The zero-order chi connectivity index (χ0) is 34.8. The molecule has 2 N–H and O–H groups in total. The second-order valence-corrected chi connectivity index (χ2v) is 19.8. The number of nitrogens with one attached hydrogen (secondary N) is 1. The van der Waals surface area contributed by atoms with Crippen molar-refractivity contribution in [2.24, 2.45) is 11.8 Å². The molecule has 0 saturated carbocycles. The highest BCUT2D eigenvalue weighted by molar-refractivity contribution is 6.77. The summed E-state index contributed by atoms with van der Waals surface area (Å²) in [5, 5.41) is 13.0. The molecule has 1 fully saturated rings. The summed E-state index contributed by atoms with van der Waals surface area (Å²) in [4.78, 5) is 42.4. The van der Waals surface area contributed by atoms with Crippen molar-refractivity contribution in [3.63, 3.8) is 0 Å². The molecule has 2 rings (SSSR count). The van der Waals surface area contributed by atoms with Crippen LogP contribution in [0.15, 0.2) is 42.0 Å². The van der Waals surface area contributed by atoms with E-state index < -0.39 is 38.4 Å². The van der Waals surface area contributed by atoms with Crippen LogP contribution in [0.4, 0.5) is 0 Å². The number of methoxy groups -OCH3 is 1. The number of hydrogen-bond donors (Lipinski definition) is 2. The first-order valence-electron chi connectivity index (χ1n) is 17.3. The minimum atomic E-state index is -2.41. The Kier molecular flexibility index (Phi) is 15.7. The molecule has 1 aliphatic rings. The first kappa shape index (κ1) is 39.7. The van der Waals surface area contributed by atoms with Gasteiger partial charge in [0.25, 0.3) is 0 Å². The predicted octanol–water partition coefficient (Wildman–Crippen LogP) is 6.82.